The summed E-state index contributed by atoms with van der Waals surface area (Å²) in [6.07, 6.45) is 5.81. The molecule has 1 aliphatic carbocycles. The monoisotopic (exact) mass is 282 g/mol. The normalized spacial score (nSPS) is 22.8. The first kappa shape index (κ1) is 15.1. The summed E-state index contributed by atoms with van der Waals surface area (Å²) in [6.45, 7) is 7.24. The molecule has 1 saturated carbocycles. The molecule has 2 fully saturated rings. The summed E-state index contributed by atoms with van der Waals surface area (Å²) >= 11 is 0. The summed E-state index contributed by atoms with van der Waals surface area (Å²) in [7, 11) is 0. The molecule has 5 heteroatoms. The second kappa shape index (κ2) is 5.62. The highest BCUT2D eigenvalue weighted by atomic mass is 16.6. The molecule has 1 aliphatic heterocycles. The molecule has 0 radical (unpaired) electrons. The van der Waals surface area contributed by atoms with Crippen molar-refractivity contribution in [2.75, 3.05) is 13.1 Å². The van der Waals surface area contributed by atoms with Gasteiger partial charge in [-0.05, 0) is 64.7 Å². The van der Waals surface area contributed by atoms with Crippen LogP contribution in [-0.2, 0) is 4.74 Å². The van der Waals surface area contributed by atoms with Gasteiger partial charge in [0.1, 0.15) is 5.60 Å². The number of hydrogen-bond acceptors (Lipinski definition) is 4. The van der Waals surface area contributed by atoms with Crippen LogP contribution in [0.5, 0.6) is 0 Å². The number of carbonyl (C=O) groups is 1. The highest BCUT2D eigenvalue weighted by Gasteiger charge is 2.39. The van der Waals surface area contributed by atoms with Crippen molar-refractivity contribution in [3.63, 3.8) is 0 Å². The summed E-state index contributed by atoms with van der Waals surface area (Å²) in [4.78, 5) is 13.9. The van der Waals surface area contributed by atoms with E-state index in [2.05, 4.69) is 5.16 Å². The number of amides is 1. The van der Waals surface area contributed by atoms with Gasteiger partial charge in [-0.3, -0.25) is 0 Å². The van der Waals surface area contributed by atoms with Gasteiger partial charge in [0.05, 0.1) is 5.71 Å². The Bertz CT molecular complexity index is 378. The highest BCUT2D eigenvalue weighted by molar-refractivity contribution is 5.84. The molecule has 0 aromatic heterocycles. The minimum Gasteiger partial charge on any atom is -0.444 e. The van der Waals surface area contributed by atoms with Gasteiger partial charge in [-0.15, -0.1) is 0 Å². The maximum Gasteiger partial charge on any atom is 0.410 e. The molecule has 2 aliphatic rings. The number of piperidine rings is 1. The zero-order chi connectivity index (χ0) is 14.8. The van der Waals surface area contributed by atoms with Crippen LogP contribution in [0.4, 0.5) is 4.79 Å². The van der Waals surface area contributed by atoms with E-state index in [1.165, 1.54) is 0 Å². The van der Waals surface area contributed by atoms with Gasteiger partial charge in [0.15, 0.2) is 0 Å². The van der Waals surface area contributed by atoms with Gasteiger partial charge in [0, 0.05) is 13.1 Å². The third-order valence-corrected chi connectivity index (χ3v) is 4.51. The third-order valence-electron chi connectivity index (χ3n) is 4.51. The van der Waals surface area contributed by atoms with E-state index >= 15 is 0 Å². The quantitative estimate of drug-likeness (QED) is 0.547. The van der Waals surface area contributed by atoms with Crippen LogP contribution in [0.25, 0.3) is 0 Å². The van der Waals surface area contributed by atoms with Crippen LogP contribution in [-0.4, -0.2) is 40.6 Å². The Labute approximate surface area is 121 Å². The molecule has 1 heterocycles. The summed E-state index contributed by atoms with van der Waals surface area (Å²) in [5.74, 6) is 0. The maximum atomic E-state index is 12.0. The number of ether oxygens (including phenoxy) is 1. The van der Waals surface area contributed by atoms with Crippen molar-refractivity contribution >= 4 is 11.8 Å². The van der Waals surface area contributed by atoms with Crippen molar-refractivity contribution in [3.8, 4) is 0 Å². The lowest BCUT2D eigenvalue weighted by Crippen LogP contribution is -2.46. The Morgan fingerprint density at radius 2 is 1.75 bits per heavy atom. The van der Waals surface area contributed by atoms with Crippen molar-refractivity contribution in [2.45, 2.75) is 64.9 Å². The fourth-order valence-corrected chi connectivity index (χ4v) is 3.16. The van der Waals surface area contributed by atoms with Gasteiger partial charge in [-0.25, -0.2) is 4.79 Å². The molecule has 114 valence electrons. The average molecular weight is 282 g/mol. The topological polar surface area (TPSA) is 62.1 Å². The van der Waals surface area contributed by atoms with Crippen LogP contribution < -0.4 is 0 Å². The van der Waals surface area contributed by atoms with E-state index in [1.54, 1.807) is 0 Å². The second-order valence-electron chi connectivity index (χ2n) is 7.13. The molecular weight excluding hydrogens is 256 g/mol. The Morgan fingerprint density at radius 3 is 2.20 bits per heavy atom. The van der Waals surface area contributed by atoms with E-state index in [9.17, 15) is 4.79 Å². The predicted octanol–water partition coefficient (Wildman–Crippen LogP) is 3.41. The number of carbonyl (C=O) groups excluding carboxylic acids is 1. The molecular formula is C15H26N2O3. The van der Waals surface area contributed by atoms with Crippen LogP contribution in [0.3, 0.4) is 0 Å². The summed E-state index contributed by atoms with van der Waals surface area (Å²) in [5.41, 5.74) is 0.834. The highest BCUT2D eigenvalue weighted by Crippen LogP contribution is 2.43. The zero-order valence-electron chi connectivity index (χ0n) is 12.8. The minimum atomic E-state index is -0.427. The molecule has 0 unspecified atom stereocenters. The first-order valence-electron chi connectivity index (χ1n) is 7.51. The lowest BCUT2D eigenvalue weighted by molar-refractivity contribution is 0.00723. The van der Waals surface area contributed by atoms with Crippen LogP contribution >= 0.6 is 0 Å². The number of nitrogens with zero attached hydrogens (tertiary/aromatic N) is 2. The lowest BCUT2D eigenvalue weighted by atomic mass is 9.67. The number of rotatable bonds is 0. The Kier molecular flexibility index (Phi) is 4.25. The third kappa shape index (κ3) is 3.64. The molecule has 5 nitrogen and oxygen atoms in total. The number of oxime groups is 1. The predicted molar refractivity (Wildman–Crippen MR) is 77.2 cm³/mol. The zero-order valence-corrected chi connectivity index (χ0v) is 12.8. The van der Waals surface area contributed by atoms with Crippen molar-refractivity contribution in [3.05, 3.63) is 0 Å². The molecule has 0 aromatic carbocycles. The second-order valence-corrected chi connectivity index (χ2v) is 7.13. The first-order valence-corrected chi connectivity index (χ1v) is 7.51. The average Bonchev–Trinajstić information content (AvgIpc) is 2.38. The molecule has 1 saturated heterocycles. The molecule has 2 rings (SSSR count). The summed E-state index contributed by atoms with van der Waals surface area (Å²) in [5, 5.41) is 12.2. The van der Waals surface area contributed by atoms with Crippen molar-refractivity contribution in [1.29, 1.82) is 0 Å². The maximum absolute atomic E-state index is 12.0. The fraction of sp³-hybridized carbons (Fsp3) is 0.867. The lowest BCUT2D eigenvalue weighted by Gasteiger charge is -2.44. The Balaban J connectivity index is 1.85. The summed E-state index contributed by atoms with van der Waals surface area (Å²) < 4.78 is 5.42. The summed E-state index contributed by atoms with van der Waals surface area (Å²) in [6, 6.07) is 0. The minimum absolute atomic E-state index is 0.194. The van der Waals surface area contributed by atoms with Gasteiger partial charge in [0.25, 0.3) is 0 Å². The number of likely N-dealkylation sites (tertiary alicyclic amines) is 1. The van der Waals surface area contributed by atoms with Crippen LogP contribution in [0, 0.1) is 5.41 Å². The van der Waals surface area contributed by atoms with E-state index in [-0.39, 0.29) is 6.09 Å². The van der Waals surface area contributed by atoms with Gasteiger partial charge in [-0.1, -0.05) is 5.16 Å². The van der Waals surface area contributed by atoms with Crippen LogP contribution in [0.1, 0.15) is 59.3 Å². The van der Waals surface area contributed by atoms with E-state index in [4.69, 9.17) is 9.94 Å². The molecule has 1 N–H and O–H groups in total. The molecule has 0 bridgehead atoms. The largest absolute Gasteiger partial charge is 0.444 e. The SMILES string of the molecule is CC(C)(C)OC(=O)N1CCC2(CCC(=NO)CC2)CC1. The smallest absolute Gasteiger partial charge is 0.410 e. The first-order chi connectivity index (χ1) is 9.34. The van der Waals surface area contributed by atoms with Crippen molar-refractivity contribution in [1.82, 2.24) is 4.90 Å². The molecule has 1 amide bonds. The Morgan fingerprint density at radius 1 is 1.20 bits per heavy atom. The van der Waals surface area contributed by atoms with Crippen LogP contribution in [0.2, 0.25) is 0 Å². The van der Waals surface area contributed by atoms with Crippen molar-refractivity contribution < 1.29 is 14.7 Å². The standard InChI is InChI=1S/C15H26N2O3/c1-14(2,3)20-13(18)17-10-8-15(9-11-17)6-4-12(16-19)5-7-15/h19H,4-11H2,1-3H3. The van der Waals surface area contributed by atoms with Crippen molar-refractivity contribution in [2.24, 2.45) is 10.6 Å². The van der Waals surface area contributed by atoms with Gasteiger partial charge < -0.3 is 14.8 Å². The van der Waals surface area contributed by atoms with E-state index in [0.717, 1.165) is 57.3 Å². The van der Waals surface area contributed by atoms with E-state index in [1.807, 2.05) is 25.7 Å². The molecule has 20 heavy (non-hydrogen) atoms. The number of hydrogen-bond donors (Lipinski definition) is 1. The Hall–Kier alpha value is -1.26. The molecule has 0 aromatic rings. The van der Waals surface area contributed by atoms with Crippen LogP contribution in [0.15, 0.2) is 5.16 Å². The van der Waals surface area contributed by atoms with Gasteiger partial charge in [0.2, 0.25) is 0 Å². The fourth-order valence-electron chi connectivity index (χ4n) is 3.16. The van der Waals surface area contributed by atoms with Gasteiger partial charge in [-0.2, -0.15) is 0 Å². The van der Waals surface area contributed by atoms with Gasteiger partial charge >= 0.3 is 6.09 Å². The molecule has 1 spiro atoms. The van der Waals surface area contributed by atoms with E-state index in [0.29, 0.717) is 5.41 Å². The molecule has 0 atom stereocenters. The van der Waals surface area contributed by atoms with E-state index < -0.39 is 5.60 Å².